The molecule has 0 aliphatic carbocycles. The highest BCUT2D eigenvalue weighted by Gasteiger charge is 2.09. The van der Waals surface area contributed by atoms with Crippen molar-refractivity contribution in [3.8, 4) is 0 Å². The first-order valence-corrected chi connectivity index (χ1v) is 6.12. The maximum atomic E-state index is 4.06. The molecule has 0 bridgehead atoms. The van der Waals surface area contributed by atoms with E-state index in [4.69, 9.17) is 0 Å². The molecule has 0 unspecified atom stereocenters. The topological polar surface area (TPSA) is 12.0 Å². The van der Waals surface area contributed by atoms with E-state index >= 15 is 0 Å². The standard InChI is InChI=1S/C15H23N/c1-5-14(6-2)9-10-15-8-7-11-16-13(4)12(15)3/h5,9,16H,1,4,6-8,10-11H2,2-3H3/b14-9+. The van der Waals surface area contributed by atoms with Gasteiger partial charge in [0.15, 0.2) is 0 Å². The summed E-state index contributed by atoms with van der Waals surface area (Å²) in [5.41, 5.74) is 5.29. The average molecular weight is 217 g/mol. The van der Waals surface area contributed by atoms with E-state index < -0.39 is 0 Å². The van der Waals surface area contributed by atoms with Crippen molar-refractivity contribution in [2.24, 2.45) is 0 Å². The van der Waals surface area contributed by atoms with Gasteiger partial charge in [0.25, 0.3) is 0 Å². The van der Waals surface area contributed by atoms with E-state index in [0.717, 1.165) is 25.1 Å². The summed E-state index contributed by atoms with van der Waals surface area (Å²) in [6.45, 7) is 13.3. The minimum atomic E-state index is 1.04. The molecule has 0 fully saturated rings. The van der Waals surface area contributed by atoms with Crippen molar-refractivity contribution in [2.75, 3.05) is 6.54 Å². The van der Waals surface area contributed by atoms with Gasteiger partial charge in [0.2, 0.25) is 0 Å². The number of allylic oxidation sites excluding steroid dienone is 5. The Labute approximate surface area is 99.6 Å². The van der Waals surface area contributed by atoms with Crippen molar-refractivity contribution in [3.63, 3.8) is 0 Å². The molecule has 1 N–H and O–H groups in total. The highest BCUT2D eigenvalue weighted by molar-refractivity contribution is 5.33. The predicted molar refractivity (Wildman–Crippen MR) is 72.3 cm³/mol. The van der Waals surface area contributed by atoms with Gasteiger partial charge in [0.1, 0.15) is 0 Å². The van der Waals surface area contributed by atoms with Crippen LogP contribution in [0.15, 0.2) is 47.7 Å². The summed E-state index contributed by atoms with van der Waals surface area (Å²) < 4.78 is 0. The molecule has 1 heterocycles. The lowest BCUT2D eigenvalue weighted by atomic mass is 9.99. The van der Waals surface area contributed by atoms with Crippen LogP contribution in [0.5, 0.6) is 0 Å². The molecular formula is C15H23N. The largest absolute Gasteiger partial charge is 0.385 e. The Hall–Kier alpha value is -1.24. The van der Waals surface area contributed by atoms with E-state index in [0.29, 0.717) is 0 Å². The molecule has 0 spiro atoms. The number of hydrogen-bond donors (Lipinski definition) is 1. The zero-order valence-electron chi connectivity index (χ0n) is 10.6. The summed E-state index contributed by atoms with van der Waals surface area (Å²) >= 11 is 0. The quantitative estimate of drug-likeness (QED) is 0.699. The number of nitrogens with one attached hydrogen (secondary N) is 1. The second kappa shape index (κ2) is 6.37. The maximum Gasteiger partial charge on any atom is 0.0296 e. The molecule has 1 aliphatic rings. The second-order valence-electron chi connectivity index (χ2n) is 4.28. The Morgan fingerprint density at radius 1 is 1.50 bits per heavy atom. The normalized spacial score (nSPS) is 18.1. The van der Waals surface area contributed by atoms with E-state index in [-0.39, 0.29) is 0 Å². The lowest BCUT2D eigenvalue weighted by molar-refractivity contribution is 0.748. The van der Waals surface area contributed by atoms with Crippen molar-refractivity contribution in [3.05, 3.63) is 47.7 Å². The zero-order valence-corrected chi connectivity index (χ0v) is 10.6. The predicted octanol–water partition coefficient (Wildman–Crippen LogP) is 4.11. The summed E-state index contributed by atoms with van der Waals surface area (Å²) in [5, 5.41) is 3.35. The molecule has 0 amide bonds. The van der Waals surface area contributed by atoms with Gasteiger partial charge in [-0.2, -0.15) is 0 Å². The molecule has 1 heteroatoms. The van der Waals surface area contributed by atoms with E-state index in [2.05, 4.69) is 38.4 Å². The summed E-state index contributed by atoms with van der Waals surface area (Å²) in [5.74, 6) is 0. The van der Waals surface area contributed by atoms with Crippen molar-refractivity contribution in [1.29, 1.82) is 0 Å². The number of hydrogen-bond acceptors (Lipinski definition) is 1. The van der Waals surface area contributed by atoms with E-state index in [1.165, 1.54) is 29.6 Å². The van der Waals surface area contributed by atoms with Gasteiger partial charge in [-0.1, -0.05) is 43.4 Å². The molecular weight excluding hydrogens is 194 g/mol. The smallest absolute Gasteiger partial charge is 0.0296 e. The van der Waals surface area contributed by atoms with Gasteiger partial charge in [-0.15, -0.1) is 0 Å². The fraction of sp³-hybridized carbons (Fsp3) is 0.467. The molecule has 16 heavy (non-hydrogen) atoms. The van der Waals surface area contributed by atoms with Crippen LogP contribution in [-0.2, 0) is 0 Å². The van der Waals surface area contributed by atoms with Gasteiger partial charge < -0.3 is 5.32 Å². The SMILES string of the molecule is C=C/C(=C\CC1=C(C)C(=C)NCCC1)CC. The third-order valence-electron chi connectivity index (χ3n) is 3.26. The summed E-state index contributed by atoms with van der Waals surface area (Å²) in [6.07, 6.45) is 8.75. The van der Waals surface area contributed by atoms with Gasteiger partial charge in [0, 0.05) is 12.2 Å². The van der Waals surface area contributed by atoms with Crippen LogP contribution in [0.3, 0.4) is 0 Å². The van der Waals surface area contributed by atoms with Crippen molar-refractivity contribution in [2.45, 2.75) is 39.5 Å². The summed E-state index contributed by atoms with van der Waals surface area (Å²) in [7, 11) is 0. The van der Waals surface area contributed by atoms with Crippen LogP contribution in [0.1, 0.15) is 39.5 Å². The van der Waals surface area contributed by atoms with E-state index in [1.807, 2.05) is 6.08 Å². The fourth-order valence-electron chi connectivity index (χ4n) is 1.96. The Bertz CT molecular complexity index is 331. The highest BCUT2D eigenvalue weighted by atomic mass is 14.9. The average Bonchev–Trinajstić information content (AvgIpc) is 2.45. The Morgan fingerprint density at radius 3 is 2.88 bits per heavy atom. The minimum absolute atomic E-state index is 1.04. The van der Waals surface area contributed by atoms with E-state index in [9.17, 15) is 0 Å². The molecule has 0 radical (unpaired) electrons. The van der Waals surface area contributed by atoms with Crippen molar-refractivity contribution in [1.82, 2.24) is 5.32 Å². The monoisotopic (exact) mass is 217 g/mol. The van der Waals surface area contributed by atoms with Crippen LogP contribution < -0.4 is 5.32 Å². The van der Waals surface area contributed by atoms with Gasteiger partial charge >= 0.3 is 0 Å². The third-order valence-corrected chi connectivity index (χ3v) is 3.26. The molecule has 0 saturated carbocycles. The van der Waals surface area contributed by atoms with Crippen LogP contribution in [-0.4, -0.2) is 6.54 Å². The van der Waals surface area contributed by atoms with E-state index in [1.54, 1.807) is 0 Å². The Kier molecular flexibility index (Phi) is 5.10. The van der Waals surface area contributed by atoms with Crippen LogP contribution >= 0.6 is 0 Å². The lowest BCUT2D eigenvalue weighted by Crippen LogP contribution is -2.12. The zero-order chi connectivity index (χ0) is 12.0. The maximum absolute atomic E-state index is 4.06. The molecule has 88 valence electrons. The molecule has 0 aromatic rings. The second-order valence-corrected chi connectivity index (χ2v) is 4.28. The lowest BCUT2D eigenvalue weighted by Gasteiger charge is -2.09. The Morgan fingerprint density at radius 2 is 2.25 bits per heavy atom. The molecule has 1 rings (SSSR count). The van der Waals surface area contributed by atoms with Crippen LogP contribution in [0, 0.1) is 0 Å². The fourth-order valence-corrected chi connectivity index (χ4v) is 1.96. The molecule has 0 aromatic carbocycles. The highest BCUT2D eigenvalue weighted by Crippen LogP contribution is 2.23. The van der Waals surface area contributed by atoms with Crippen molar-refractivity contribution < 1.29 is 0 Å². The molecule has 0 atom stereocenters. The summed E-state index contributed by atoms with van der Waals surface area (Å²) in [6, 6.07) is 0. The molecule has 0 saturated heterocycles. The first-order chi connectivity index (χ1) is 7.69. The molecule has 0 aromatic heterocycles. The van der Waals surface area contributed by atoms with Crippen LogP contribution in [0.25, 0.3) is 0 Å². The first kappa shape index (κ1) is 12.8. The van der Waals surface area contributed by atoms with Gasteiger partial charge in [-0.25, -0.2) is 0 Å². The van der Waals surface area contributed by atoms with Gasteiger partial charge in [-0.05, 0) is 38.2 Å². The van der Waals surface area contributed by atoms with Gasteiger partial charge in [-0.3, -0.25) is 0 Å². The van der Waals surface area contributed by atoms with Crippen molar-refractivity contribution >= 4 is 0 Å². The minimum Gasteiger partial charge on any atom is -0.385 e. The third kappa shape index (κ3) is 3.41. The van der Waals surface area contributed by atoms with Crippen LogP contribution in [0.2, 0.25) is 0 Å². The van der Waals surface area contributed by atoms with Gasteiger partial charge in [0.05, 0.1) is 0 Å². The summed E-state index contributed by atoms with van der Waals surface area (Å²) in [4.78, 5) is 0. The Balaban J connectivity index is 2.77. The molecule has 1 aliphatic heterocycles. The van der Waals surface area contributed by atoms with Crippen LogP contribution in [0.4, 0.5) is 0 Å². The first-order valence-electron chi connectivity index (χ1n) is 6.12. The molecule has 1 nitrogen and oxygen atoms in total. The number of rotatable bonds is 4.